The summed E-state index contributed by atoms with van der Waals surface area (Å²) < 4.78 is 0. The minimum absolute atomic E-state index is 0.00861. The molecular formula is C20H28N2O. The molecule has 1 aromatic rings. The van der Waals surface area contributed by atoms with Crippen molar-refractivity contribution in [1.29, 1.82) is 5.26 Å². The van der Waals surface area contributed by atoms with Gasteiger partial charge in [0.1, 0.15) is 5.92 Å². The van der Waals surface area contributed by atoms with Gasteiger partial charge < -0.3 is 4.90 Å². The maximum atomic E-state index is 12.6. The fourth-order valence-electron chi connectivity index (χ4n) is 3.08. The summed E-state index contributed by atoms with van der Waals surface area (Å²) in [4.78, 5) is 14.5. The van der Waals surface area contributed by atoms with Crippen molar-refractivity contribution in [2.24, 2.45) is 5.92 Å². The van der Waals surface area contributed by atoms with Gasteiger partial charge in [-0.15, -0.1) is 0 Å². The third-order valence-corrected chi connectivity index (χ3v) is 4.63. The number of nitrogens with zero attached hydrogens (tertiary/aromatic N) is 2. The fraction of sp³-hybridized carbons (Fsp3) is 0.600. The van der Waals surface area contributed by atoms with Gasteiger partial charge in [-0.25, -0.2) is 0 Å². The lowest BCUT2D eigenvalue weighted by Gasteiger charge is -2.23. The van der Waals surface area contributed by atoms with Crippen molar-refractivity contribution in [2.45, 2.75) is 58.3 Å². The third-order valence-electron chi connectivity index (χ3n) is 4.63. The second-order valence-electron chi connectivity index (χ2n) is 7.57. The molecule has 1 heterocycles. The molecule has 1 atom stereocenters. The van der Waals surface area contributed by atoms with E-state index < -0.39 is 5.92 Å². The Bertz CT molecular complexity index is 555. The van der Waals surface area contributed by atoms with Gasteiger partial charge in [0.15, 0.2) is 0 Å². The quantitative estimate of drug-likeness (QED) is 0.844. The molecule has 1 aromatic carbocycles. The minimum atomic E-state index is -0.561. The van der Waals surface area contributed by atoms with E-state index in [0.717, 1.165) is 31.5 Å². The van der Waals surface area contributed by atoms with Gasteiger partial charge in [0.25, 0.3) is 0 Å². The van der Waals surface area contributed by atoms with E-state index in [1.165, 1.54) is 18.4 Å². The molecule has 3 nitrogen and oxygen atoms in total. The highest BCUT2D eigenvalue weighted by Gasteiger charge is 2.25. The van der Waals surface area contributed by atoms with Crippen molar-refractivity contribution in [1.82, 2.24) is 4.90 Å². The molecule has 0 bridgehead atoms. The maximum absolute atomic E-state index is 12.6. The minimum Gasteiger partial charge on any atom is -0.342 e. The number of amides is 1. The number of carbonyl (C=O) groups is 1. The first-order valence-corrected chi connectivity index (χ1v) is 8.69. The second-order valence-corrected chi connectivity index (χ2v) is 7.57. The molecule has 0 spiro atoms. The van der Waals surface area contributed by atoms with Crippen LogP contribution in [-0.2, 0) is 16.6 Å². The third kappa shape index (κ3) is 4.82. The predicted molar refractivity (Wildman–Crippen MR) is 93.0 cm³/mol. The molecular weight excluding hydrogens is 284 g/mol. The van der Waals surface area contributed by atoms with Gasteiger partial charge >= 0.3 is 0 Å². The Kier molecular flexibility index (Phi) is 5.82. The molecule has 23 heavy (non-hydrogen) atoms. The molecule has 1 amide bonds. The highest BCUT2D eigenvalue weighted by molar-refractivity contribution is 5.81. The van der Waals surface area contributed by atoms with Crippen LogP contribution in [0.2, 0.25) is 0 Å². The SMILES string of the molecule is CC(C)(C)c1ccc(CC(C#N)C(=O)N2CCCCCC2)cc1. The average molecular weight is 312 g/mol. The monoisotopic (exact) mass is 312 g/mol. The summed E-state index contributed by atoms with van der Waals surface area (Å²) in [5, 5.41) is 9.45. The number of nitriles is 1. The Hall–Kier alpha value is -1.82. The van der Waals surface area contributed by atoms with Crippen LogP contribution in [0.25, 0.3) is 0 Å². The smallest absolute Gasteiger partial charge is 0.240 e. The highest BCUT2D eigenvalue weighted by Crippen LogP contribution is 2.23. The van der Waals surface area contributed by atoms with Gasteiger partial charge in [-0.1, -0.05) is 57.9 Å². The molecule has 124 valence electrons. The van der Waals surface area contributed by atoms with Gasteiger partial charge in [-0.2, -0.15) is 5.26 Å². The van der Waals surface area contributed by atoms with Gasteiger partial charge in [0.2, 0.25) is 5.91 Å². The van der Waals surface area contributed by atoms with E-state index in [-0.39, 0.29) is 11.3 Å². The van der Waals surface area contributed by atoms with Crippen molar-refractivity contribution in [3.8, 4) is 6.07 Å². The molecule has 0 N–H and O–H groups in total. The van der Waals surface area contributed by atoms with Crippen LogP contribution in [-0.4, -0.2) is 23.9 Å². The van der Waals surface area contributed by atoms with Crippen LogP contribution in [0.5, 0.6) is 0 Å². The lowest BCUT2D eigenvalue weighted by atomic mass is 9.86. The van der Waals surface area contributed by atoms with E-state index in [0.29, 0.717) is 6.42 Å². The van der Waals surface area contributed by atoms with Crippen molar-refractivity contribution in [3.05, 3.63) is 35.4 Å². The van der Waals surface area contributed by atoms with Gasteiger partial charge in [-0.3, -0.25) is 4.79 Å². The summed E-state index contributed by atoms with van der Waals surface area (Å²) in [6, 6.07) is 10.6. The predicted octanol–water partition coefficient (Wildman–Crippen LogP) is 4.07. The van der Waals surface area contributed by atoms with Crippen LogP contribution < -0.4 is 0 Å². The Balaban J connectivity index is 2.04. The number of carbonyl (C=O) groups excluding carboxylic acids is 1. The van der Waals surface area contributed by atoms with Crippen LogP contribution in [0, 0.1) is 17.2 Å². The summed E-state index contributed by atoms with van der Waals surface area (Å²) in [7, 11) is 0. The molecule has 3 heteroatoms. The summed E-state index contributed by atoms with van der Waals surface area (Å²) in [5.74, 6) is -0.553. The Labute approximate surface area is 140 Å². The first kappa shape index (κ1) is 17.5. The first-order valence-electron chi connectivity index (χ1n) is 8.69. The number of benzene rings is 1. The van der Waals surface area contributed by atoms with Gasteiger partial charge in [0, 0.05) is 13.1 Å². The zero-order valence-corrected chi connectivity index (χ0v) is 14.6. The summed E-state index contributed by atoms with van der Waals surface area (Å²) in [6.07, 6.45) is 5.01. The molecule has 0 saturated carbocycles. The molecule has 1 aliphatic rings. The van der Waals surface area contributed by atoms with Crippen LogP contribution in [0.15, 0.2) is 24.3 Å². The van der Waals surface area contributed by atoms with Crippen LogP contribution in [0.4, 0.5) is 0 Å². The van der Waals surface area contributed by atoms with E-state index >= 15 is 0 Å². The lowest BCUT2D eigenvalue weighted by molar-refractivity contribution is -0.133. The molecule has 0 aliphatic carbocycles. The zero-order chi connectivity index (χ0) is 16.9. The molecule has 1 aliphatic heterocycles. The molecule has 1 fully saturated rings. The highest BCUT2D eigenvalue weighted by atomic mass is 16.2. The molecule has 0 aromatic heterocycles. The average Bonchev–Trinajstić information content (AvgIpc) is 2.80. The molecule has 2 rings (SSSR count). The zero-order valence-electron chi connectivity index (χ0n) is 14.6. The van der Waals surface area contributed by atoms with Crippen molar-refractivity contribution in [3.63, 3.8) is 0 Å². The molecule has 1 unspecified atom stereocenters. The van der Waals surface area contributed by atoms with Crippen molar-refractivity contribution < 1.29 is 4.79 Å². The van der Waals surface area contributed by atoms with Crippen LogP contribution >= 0.6 is 0 Å². The number of hydrogen-bond acceptors (Lipinski definition) is 2. The fourth-order valence-corrected chi connectivity index (χ4v) is 3.08. The number of likely N-dealkylation sites (tertiary alicyclic amines) is 1. The van der Waals surface area contributed by atoms with Gasteiger partial charge in [0.05, 0.1) is 6.07 Å². The van der Waals surface area contributed by atoms with Gasteiger partial charge in [-0.05, 0) is 35.8 Å². The van der Waals surface area contributed by atoms with Crippen LogP contribution in [0.1, 0.15) is 57.6 Å². The molecule has 0 radical (unpaired) electrons. The number of rotatable bonds is 3. The van der Waals surface area contributed by atoms with E-state index in [1.807, 2.05) is 4.90 Å². The topological polar surface area (TPSA) is 44.1 Å². The molecule has 1 saturated heterocycles. The summed E-state index contributed by atoms with van der Waals surface area (Å²) in [5.41, 5.74) is 2.45. The van der Waals surface area contributed by atoms with E-state index in [4.69, 9.17) is 0 Å². The van der Waals surface area contributed by atoms with Crippen molar-refractivity contribution >= 4 is 5.91 Å². The lowest BCUT2D eigenvalue weighted by Crippen LogP contribution is -2.37. The summed E-state index contributed by atoms with van der Waals surface area (Å²) in [6.45, 7) is 8.16. The van der Waals surface area contributed by atoms with Crippen LogP contribution in [0.3, 0.4) is 0 Å². The Morgan fingerprint density at radius 3 is 2.17 bits per heavy atom. The largest absolute Gasteiger partial charge is 0.342 e. The van der Waals surface area contributed by atoms with E-state index in [1.54, 1.807) is 0 Å². The Morgan fingerprint density at radius 1 is 1.13 bits per heavy atom. The normalized spacial score (nSPS) is 17.2. The van der Waals surface area contributed by atoms with E-state index in [2.05, 4.69) is 51.1 Å². The van der Waals surface area contributed by atoms with Crippen molar-refractivity contribution in [2.75, 3.05) is 13.1 Å². The second kappa shape index (κ2) is 7.64. The Morgan fingerprint density at radius 2 is 1.70 bits per heavy atom. The first-order chi connectivity index (χ1) is 10.9. The number of hydrogen-bond donors (Lipinski definition) is 0. The van der Waals surface area contributed by atoms with E-state index in [9.17, 15) is 10.1 Å². The maximum Gasteiger partial charge on any atom is 0.240 e. The summed E-state index contributed by atoms with van der Waals surface area (Å²) >= 11 is 0. The standard InChI is InChI=1S/C20H28N2O/c1-20(2,3)18-10-8-16(9-11-18)14-17(15-21)19(23)22-12-6-4-5-7-13-22/h8-11,17H,4-7,12-14H2,1-3H3.